The molecule has 0 heterocycles. The van der Waals surface area contributed by atoms with Crippen molar-refractivity contribution < 1.29 is 13.3 Å². The van der Waals surface area contributed by atoms with Crippen LogP contribution in [0.5, 0.6) is 0 Å². The standard InChI is InChI=1S/CH3.Li.H2O3S/c;;1-4(2)3/h1H3;;(H2,1,2,3). The Kier molecular flexibility index (Phi) is 15.0. The summed E-state index contributed by atoms with van der Waals surface area (Å²) >= 11 is -0.611. The Balaban J connectivity index is 0. The molecular weight excluding hydrogens is 99.0 g/mol. The van der Waals surface area contributed by atoms with Gasteiger partial charge in [-0.2, -0.15) is 4.21 Å². The summed E-state index contributed by atoms with van der Waals surface area (Å²) in [4.78, 5) is 0. The first-order chi connectivity index (χ1) is 2.73. The van der Waals surface area contributed by atoms with Crippen LogP contribution in [0.4, 0.5) is 0 Å². The molecule has 0 saturated heterocycles. The number of hydrogen-bond acceptors (Lipinski definition) is 1. The first-order valence-electron chi connectivity index (χ1n) is 1.53. The molecule has 0 bridgehead atoms. The van der Waals surface area contributed by atoms with Gasteiger partial charge in [-0.15, -0.1) is 0 Å². The zero-order valence-corrected chi connectivity index (χ0v) is 4.53. The predicted octanol–water partition coefficient (Wildman–Crippen LogP) is -0.116. The Labute approximate surface area is 48.4 Å². The summed E-state index contributed by atoms with van der Waals surface area (Å²) in [5.74, 6) is 0. The van der Waals surface area contributed by atoms with E-state index in [4.69, 9.17) is 13.3 Å². The fourth-order valence-corrected chi connectivity index (χ4v) is 0. The SMILES string of the molecule is O=S(O)O.[Li][CH3]. The van der Waals surface area contributed by atoms with Crippen molar-refractivity contribution in [3.63, 3.8) is 0 Å². The van der Waals surface area contributed by atoms with Crippen molar-refractivity contribution in [2.45, 2.75) is 5.60 Å². The van der Waals surface area contributed by atoms with Crippen LogP contribution in [0.25, 0.3) is 0 Å². The average Bonchev–Trinajstić information content (AvgIpc) is 1.41. The molecule has 0 atom stereocenters. The van der Waals surface area contributed by atoms with E-state index in [9.17, 15) is 0 Å². The van der Waals surface area contributed by atoms with E-state index in [1.165, 1.54) is 0 Å². The van der Waals surface area contributed by atoms with Crippen LogP contribution in [0.3, 0.4) is 0 Å². The second-order valence-corrected chi connectivity index (χ2v) is 0.692. The normalized spacial score (nSPS) is 7.00. The van der Waals surface area contributed by atoms with Crippen LogP contribution in [0.15, 0.2) is 0 Å². The number of hydrogen-bond donors (Lipinski definition) is 2. The van der Waals surface area contributed by atoms with Crippen LogP contribution >= 0.6 is 0 Å². The second-order valence-electron chi connectivity index (χ2n) is 0.231. The van der Waals surface area contributed by atoms with Gasteiger partial charge in [-0.1, -0.05) is 0 Å². The molecule has 0 aromatic heterocycles. The average molecular weight is 104 g/mol. The summed E-state index contributed by atoms with van der Waals surface area (Å²) in [5.41, 5.74) is 2.00. The van der Waals surface area contributed by atoms with Crippen LogP contribution in [0.1, 0.15) is 0 Å². The third-order valence-corrected chi connectivity index (χ3v) is 0. The molecule has 0 fully saturated rings. The van der Waals surface area contributed by atoms with E-state index >= 15 is 0 Å². The van der Waals surface area contributed by atoms with Crippen LogP contribution < -0.4 is 0 Å². The van der Waals surface area contributed by atoms with Gasteiger partial charge in [-0.25, -0.2) is 0 Å². The van der Waals surface area contributed by atoms with Gasteiger partial charge in [0, 0.05) is 0 Å². The topological polar surface area (TPSA) is 57.5 Å². The van der Waals surface area contributed by atoms with E-state index in [1.54, 1.807) is 0 Å². The first kappa shape index (κ1) is 9.83. The molecule has 0 unspecified atom stereocenters. The quantitative estimate of drug-likeness (QED) is 0.333. The second kappa shape index (κ2) is 9.18. The van der Waals surface area contributed by atoms with Gasteiger partial charge in [-0.05, 0) is 0 Å². The van der Waals surface area contributed by atoms with Gasteiger partial charge in [0.2, 0.25) is 0 Å². The Morgan fingerprint density at radius 3 is 1.50 bits per heavy atom. The van der Waals surface area contributed by atoms with Crippen molar-refractivity contribution >= 4 is 29.1 Å². The summed E-state index contributed by atoms with van der Waals surface area (Å²) in [6.07, 6.45) is 0. The maximum atomic E-state index is 8.67. The Morgan fingerprint density at radius 1 is 1.50 bits per heavy atom. The van der Waals surface area contributed by atoms with E-state index in [0.29, 0.717) is 0 Å². The van der Waals surface area contributed by atoms with Crippen molar-refractivity contribution in [1.82, 2.24) is 0 Å². The van der Waals surface area contributed by atoms with E-state index < -0.39 is 11.4 Å². The van der Waals surface area contributed by atoms with Crippen LogP contribution in [0.2, 0.25) is 5.60 Å². The van der Waals surface area contributed by atoms with Gasteiger partial charge >= 0.3 is 23.3 Å². The van der Waals surface area contributed by atoms with Crippen molar-refractivity contribution in [2.24, 2.45) is 0 Å². The summed E-state index contributed by atoms with van der Waals surface area (Å²) < 4.78 is 22.8. The third kappa shape index (κ3) is 141. The fraction of sp³-hybridized carbons (Fsp3) is 1.00. The van der Waals surface area contributed by atoms with E-state index in [2.05, 4.69) is 0 Å². The van der Waals surface area contributed by atoms with E-state index in [0.717, 1.165) is 0 Å². The van der Waals surface area contributed by atoms with Gasteiger partial charge in [0.05, 0.1) is 0 Å². The van der Waals surface area contributed by atoms with Crippen molar-refractivity contribution in [1.29, 1.82) is 0 Å². The third-order valence-electron chi connectivity index (χ3n) is 0. The molecule has 0 aliphatic carbocycles. The molecule has 2 N–H and O–H groups in total. The molecule has 0 saturated carbocycles. The van der Waals surface area contributed by atoms with Gasteiger partial charge in [0.25, 0.3) is 11.4 Å². The summed E-state index contributed by atoms with van der Waals surface area (Å²) in [7, 11) is 0. The first-order valence-corrected chi connectivity index (χ1v) is 2.60. The molecule has 34 valence electrons. The molecule has 0 aromatic rings. The van der Waals surface area contributed by atoms with Crippen molar-refractivity contribution in [2.75, 3.05) is 0 Å². The molecule has 5 heteroatoms. The van der Waals surface area contributed by atoms with Crippen LogP contribution in [-0.4, -0.2) is 31.0 Å². The minimum absolute atomic E-state index is 2.00. The number of rotatable bonds is 0. The summed E-state index contributed by atoms with van der Waals surface area (Å²) in [6.45, 7) is 0. The molecule has 0 aromatic carbocycles. The zero-order chi connectivity index (χ0) is 5.58. The Bertz CT molecular complexity index is 33.8. The minimum atomic E-state index is -2.61. The Hall–Kier alpha value is 0.667. The molecule has 3 nitrogen and oxygen atoms in total. The van der Waals surface area contributed by atoms with Crippen molar-refractivity contribution in [3.8, 4) is 0 Å². The molecule has 0 radical (unpaired) electrons. The molecule has 6 heavy (non-hydrogen) atoms. The Morgan fingerprint density at radius 2 is 1.50 bits per heavy atom. The van der Waals surface area contributed by atoms with Gasteiger partial charge in [0.15, 0.2) is 0 Å². The zero-order valence-electron chi connectivity index (χ0n) is 3.71. The summed E-state index contributed by atoms with van der Waals surface area (Å²) in [6, 6.07) is 0. The molecular formula is CH5LiO3S. The summed E-state index contributed by atoms with van der Waals surface area (Å²) in [5, 5.41) is 0. The van der Waals surface area contributed by atoms with E-state index in [1.807, 2.05) is 23.3 Å². The monoisotopic (exact) mass is 104 g/mol. The molecule has 0 aliphatic rings. The molecule has 0 amide bonds. The van der Waals surface area contributed by atoms with Crippen LogP contribution in [0, 0.1) is 0 Å². The van der Waals surface area contributed by atoms with Crippen molar-refractivity contribution in [3.05, 3.63) is 0 Å². The predicted molar refractivity (Wildman–Crippen MR) is 25.0 cm³/mol. The fourth-order valence-electron chi connectivity index (χ4n) is 0. The van der Waals surface area contributed by atoms with Gasteiger partial charge < -0.3 is 0 Å². The molecule has 0 spiro atoms. The molecule has 0 aliphatic heterocycles. The van der Waals surface area contributed by atoms with E-state index in [-0.39, 0.29) is 0 Å². The van der Waals surface area contributed by atoms with Gasteiger partial charge in [-0.3, -0.25) is 9.11 Å². The van der Waals surface area contributed by atoms with Crippen LogP contribution in [-0.2, 0) is 11.4 Å². The maximum absolute atomic E-state index is 8.67. The molecule has 0 rings (SSSR count). The van der Waals surface area contributed by atoms with Gasteiger partial charge in [0.1, 0.15) is 0 Å².